The number of carbonyl (C=O) groups excluding carboxylic acids is 1. The van der Waals surface area contributed by atoms with E-state index in [1.54, 1.807) is 0 Å². The maximum Gasteiger partial charge on any atom is 0.325 e. The highest BCUT2D eigenvalue weighted by Gasteiger charge is 2.38. The second kappa shape index (κ2) is 6.21. The Labute approximate surface area is 97.6 Å². The molecule has 1 fully saturated rings. The zero-order valence-corrected chi connectivity index (χ0v) is 10.5. The number of esters is 1. The highest BCUT2D eigenvalue weighted by atomic mass is 16.5. The van der Waals surface area contributed by atoms with E-state index in [-0.39, 0.29) is 5.97 Å². The molecule has 1 heterocycles. The van der Waals surface area contributed by atoms with Crippen LogP contribution in [-0.4, -0.2) is 47.8 Å². The van der Waals surface area contributed by atoms with Gasteiger partial charge >= 0.3 is 5.97 Å². The van der Waals surface area contributed by atoms with Crippen LogP contribution < -0.4 is 0 Å². The van der Waals surface area contributed by atoms with Crippen LogP contribution in [0, 0.1) is 0 Å². The normalized spacial score (nSPS) is 28.8. The monoisotopic (exact) mass is 229 g/mol. The van der Waals surface area contributed by atoms with Crippen LogP contribution in [0.1, 0.15) is 39.5 Å². The molecular formula is C12H23NO3. The van der Waals surface area contributed by atoms with E-state index in [9.17, 15) is 9.90 Å². The second-order valence-electron chi connectivity index (χ2n) is 4.55. The molecular weight excluding hydrogens is 206 g/mol. The van der Waals surface area contributed by atoms with Crippen molar-refractivity contribution in [1.82, 2.24) is 4.90 Å². The number of rotatable bonds is 4. The maximum absolute atomic E-state index is 11.7. The Kier molecular flexibility index (Phi) is 5.22. The molecule has 0 saturated carbocycles. The Bertz CT molecular complexity index is 232. The van der Waals surface area contributed by atoms with Gasteiger partial charge in [-0.25, -0.2) is 0 Å². The predicted octanol–water partition coefficient (Wildman–Crippen LogP) is 1.17. The summed E-state index contributed by atoms with van der Waals surface area (Å²) in [5.74, 6) is -0.310. The molecule has 94 valence electrons. The van der Waals surface area contributed by atoms with Crippen molar-refractivity contribution in [3.63, 3.8) is 0 Å². The van der Waals surface area contributed by atoms with Crippen molar-refractivity contribution < 1.29 is 14.6 Å². The predicted molar refractivity (Wildman–Crippen MR) is 62.1 cm³/mol. The molecule has 1 rings (SSSR count). The van der Waals surface area contributed by atoms with Crippen molar-refractivity contribution in [2.75, 3.05) is 13.7 Å². The molecule has 0 spiro atoms. The SMILES string of the molecule is CCCC(C)N1CCCC(O)C1C(=O)OC. The first-order valence-corrected chi connectivity index (χ1v) is 6.13. The van der Waals surface area contributed by atoms with E-state index in [4.69, 9.17) is 4.74 Å². The van der Waals surface area contributed by atoms with Crippen LogP contribution in [0.3, 0.4) is 0 Å². The molecule has 1 saturated heterocycles. The number of aliphatic hydroxyl groups excluding tert-OH is 1. The third-order valence-electron chi connectivity index (χ3n) is 3.35. The summed E-state index contributed by atoms with van der Waals surface area (Å²) in [5, 5.41) is 9.92. The lowest BCUT2D eigenvalue weighted by Crippen LogP contribution is -2.56. The highest BCUT2D eigenvalue weighted by molar-refractivity contribution is 5.76. The van der Waals surface area contributed by atoms with Crippen LogP contribution in [-0.2, 0) is 9.53 Å². The third-order valence-corrected chi connectivity index (χ3v) is 3.35. The molecule has 16 heavy (non-hydrogen) atoms. The third kappa shape index (κ3) is 2.95. The van der Waals surface area contributed by atoms with Gasteiger partial charge in [0.2, 0.25) is 0 Å². The van der Waals surface area contributed by atoms with Crippen LogP contribution in [0.4, 0.5) is 0 Å². The minimum absolute atomic E-state index is 0.310. The molecule has 1 N–H and O–H groups in total. The lowest BCUT2D eigenvalue weighted by molar-refractivity contribution is -0.155. The number of methoxy groups -OCH3 is 1. The number of likely N-dealkylation sites (tertiary alicyclic amines) is 1. The summed E-state index contributed by atoms with van der Waals surface area (Å²) < 4.78 is 4.78. The molecule has 0 radical (unpaired) electrons. The molecule has 4 heteroatoms. The standard InChI is InChI=1S/C12H23NO3/c1-4-6-9(2)13-8-5-7-10(14)11(13)12(15)16-3/h9-11,14H,4-8H2,1-3H3. The fourth-order valence-corrected chi connectivity index (χ4v) is 2.49. The smallest absolute Gasteiger partial charge is 0.325 e. The average molecular weight is 229 g/mol. The van der Waals surface area contributed by atoms with Crippen LogP contribution in [0.2, 0.25) is 0 Å². The van der Waals surface area contributed by atoms with Gasteiger partial charge < -0.3 is 9.84 Å². The first-order valence-electron chi connectivity index (χ1n) is 6.13. The summed E-state index contributed by atoms with van der Waals surface area (Å²) in [6.45, 7) is 5.11. The lowest BCUT2D eigenvalue weighted by Gasteiger charge is -2.40. The van der Waals surface area contributed by atoms with Crippen molar-refractivity contribution >= 4 is 5.97 Å². The molecule has 0 aromatic rings. The zero-order chi connectivity index (χ0) is 12.1. The first-order chi connectivity index (χ1) is 7.61. The number of hydrogen-bond donors (Lipinski definition) is 1. The second-order valence-corrected chi connectivity index (χ2v) is 4.55. The first kappa shape index (κ1) is 13.5. The van der Waals surface area contributed by atoms with Crippen molar-refractivity contribution in [2.45, 2.75) is 57.7 Å². The van der Waals surface area contributed by atoms with Crippen molar-refractivity contribution in [3.8, 4) is 0 Å². The number of nitrogens with zero attached hydrogens (tertiary/aromatic N) is 1. The minimum Gasteiger partial charge on any atom is -0.468 e. The van der Waals surface area contributed by atoms with Gasteiger partial charge in [0.15, 0.2) is 0 Å². The fraction of sp³-hybridized carbons (Fsp3) is 0.917. The maximum atomic E-state index is 11.7. The van der Waals surface area contributed by atoms with E-state index in [1.807, 2.05) is 0 Å². The summed E-state index contributed by atoms with van der Waals surface area (Å²) in [6.07, 6.45) is 3.18. The summed E-state index contributed by atoms with van der Waals surface area (Å²) in [6, 6.07) is -0.149. The quantitative estimate of drug-likeness (QED) is 0.735. The van der Waals surface area contributed by atoms with Crippen molar-refractivity contribution in [2.24, 2.45) is 0 Å². The molecule has 1 aliphatic heterocycles. The van der Waals surface area contributed by atoms with Gasteiger partial charge in [-0.15, -0.1) is 0 Å². The fourth-order valence-electron chi connectivity index (χ4n) is 2.49. The van der Waals surface area contributed by atoms with Gasteiger partial charge in [-0.3, -0.25) is 9.69 Å². The molecule has 4 nitrogen and oxygen atoms in total. The van der Waals surface area contributed by atoms with Gasteiger partial charge in [-0.2, -0.15) is 0 Å². The Morgan fingerprint density at radius 2 is 2.31 bits per heavy atom. The summed E-state index contributed by atoms with van der Waals surface area (Å²) in [7, 11) is 1.38. The molecule has 1 aliphatic rings. The van der Waals surface area contributed by atoms with E-state index < -0.39 is 12.1 Å². The van der Waals surface area contributed by atoms with Gasteiger partial charge in [0.1, 0.15) is 6.04 Å². The Hall–Kier alpha value is -0.610. The van der Waals surface area contributed by atoms with Crippen molar-refractivity contribution in [3.05, 3.63) is 0 Å². The Balaban J connectivity index is 2.73. The van der Waals surface area contributed by atoms with Crippen LogP contribution in [0.15, 0.2) is 0 Å². The minimum atomic E-state index is -0.583. The van der Waals surface area contributed by atoms with E-state index in [0.717, 1.165) is 25.8 Å². The number of piperidine rings is 1. The Morgan fingerprint density at radius 1 is 1.62 bits per heavy atom. The highest BCUT2D eigenvalue weighted by Crippen LogP contribution is 2.23. The van der Waals surface area contributed by atoms with E-state index in [1.165, 1.54) is 7.11 Å². The summed E-state index contributed by atoms with van der Waals surface area (Å²) in [4.78, 5) is 13.8. The molecule has 3 unspecified atom stereocenters. The number of carbonyl (C=O) groups is 1. The van der Waals surface area contributed by atoms with Crippen LogP contribution >= 0.6 is 0 Å². The Morgan fingerprint density at radius 3 is 2.88 bits per heavy atom. The van der Waals surface area contributed by atoms with E-state index in [0.29, 0.717) is 12.5 Å². The van der Waals surface area contributed by atoms with Gasteiger partial charge in [0, 0.05) is 6.04 Å². The molecule has 0 bridgehead atoms. The summed E-state index contributed by atoms with van der Waals surface area (Å²) >= 11 is 0. The topological polar surface area (TPSA) is 49.8 Å². The largest absolute Gasteiger partial charge is 0.468 e. The molecule has 0 aromatic carbocycles. The van der Waals surface area contributed by atoms with E-state index >= 15 is 0 Å². The van der Waals surface area contributed by atoms with Crippen LogP contribution in [0.5, 0.6) is 0 Å². The number of ether oxygens (including phenoxy) is 1. The zero-order valence-electron chi connectivity index (χ0n) is 10.5. The molecule has 0 aromatic heterocycles. The van der Waals surface area contributed by atoms with Gasteiger partial charge in [-0.05, 0) is 32.7 Å². The lowest BCUT2D eigenvalue weighted by atomic mass is 9.96. The van der Waals surface area contributed by atoms with Gasteiger partial charge in [-0.1, -0.05) is 13.3 Å². The van der Waals surface area contributed by atoms with Gasteiger partial charge in [0.05, 0.1) is 13.2 Å². The number of aliphatic hydroxyl groups is 1. The number of hydrogen-bond acceptors (Lipinski definition) is 4. The molecule has 0 amide bonds. The molecule has 0 aliphatic carbocycles. The van der Waals surface area contributed by atoms with E-state index in [2.05, 4.69) is 18.7 Å². The molecule has 3 atom stereocenters. The average Bonchev–Trinajstić information content (AvgIpc) is 2.28. The van der Waals surface area contributed by atoms with Crippen molar-refractivity contribution in [1.29, 1.82) is 0 Å². The summed E-state index contributed by atoms with van der Waals surface area (Å²) in [5.41, 5.74) is 0. The van der Waals surface area contributed by atoms with Gasteiger partial charge in [0.25, 0.3) is 0 Å². The van der Waals surface area contributed by atoms with Crippen LogP contribution in [0.25, 0.3) is 0 Å².